The van der Waals surface area contributed by atoms with Gasteiger partial charge in [0.25, 0.3) is 0 Å². The molecule has 0 saturated carbocycles. The third kappa shape index (κ3) is 6.35. The van der Waals surface area contributed by atoms with Gasteiger partial charge in [-0.25, -0.2) is 15.0 Å². The van der Waals surface area contributed by atoms with Crippen molar-refractivity contribution in [1.29, 1.82) is 0 Å². The number of para-hydroxylation sites is 1. The van der Waals surface area contributed by atoms with Crippen molar-refractivity contribution < 1.29 is 36.9 Å². The summed E-state index contributed by atoms with van der Waals surface area (Å²) in [5.74, 6) is 0.0458. The summed E-state index contributed by atoms with van der Waals surface area (Å²) in [7, 11) is 4.33. The lowest BCUT2D eigenvalue weighted by molar-refractivity contribution is -0.148. The second-order valence-electron chi connectivity index (χ2n) is 12.2. The first kappa shape index (κ1) is 32.6. The summed E-state index contributed by atoms with van der Waals surface area (Å²) >= 11 is 0. The largest absolute Gasteiger partial charge is 0.493 e. The lowest BCUT2D eigenvalue weighted by Crippen LogP contribution is -2.52. The fraction of sp³-hybridized carbons (Fsp3) is 0.412. The number of piperazine rings is 1. The summed E-state index contributed by atoms with van der Waals surface area (Å²) in [5.41, 5.74) is 2.25. The number of halogens is 3. The second kappa shape index (κ2) is 13.2. The van der Waals surface area contributed by atoms with Crippen LogP contribution in [0.1, 0.15) is 24.1 Å². The number of H-pyrrole nitrogens is 1. The van der Waals surface area contributed by atoms with Gasteiger partial charge in [0, 0.05) is 50.3 Å². The van der Waals surface area contributed by atoms with Crippen LogP contribution in [0.15, 0.2) is 48.7 Å². The van der Waals surface area contributed by atoms with Gasteiger partial charge in [-0.15, -0.1) is 0 Å². The highest BCUT2D eigenvalue weighted by Crippen LogP contribution is 2.38. The molecule has 1 amide bonds. The van der Waals surface area contributed by atoms with Gasteiger partial charge in [0.15, 0.2) is 11.5 Å². The summed E-state index contributed by atoms with van der Waals surface area (Å²) in [6.45, 7) is 2.85. The number of hydrogen-bond donors (Lipinski definition) is 1. The highest BCUT2D eigenvalue weighted by atomic mass is 19.4. The van der Waals surface area contributed by atoms with E-state index < -0.39 is 30.5 Å². The number of methoxy groups -OCH3 is 3. The summed E-state index contributed by atoms with van der Waals surface area (Å²) in [6, 6.07) is 11.8. The van der Waals surface area contributed by atoms with E-state index in [4.69, 9.17) is 23.9 Å². The van der Waals surface area contributed by atoms with Crippen LogP contribution in [0.25, 0.3) is 33.2 Å². The van der Waals surface area contributed by atoms with Gasteiger partial charge in [0.2, 0.25) is 17.6 Å². The SMILES string of the molecule is COc1cc2nc(C(F)(F)F)n(CC(=O)N3CCN(CC4CCOC4)C[C@H]3c3ncc(-c4cc5ccccc5nc4OC)[nH]3)c2cc1OC. The number of nitrogens with zero attached hydrogens (tertiary/aromatic N) is 6. The molecule has 1 unspecified atom stereocenters. The summed E-state index contributed by atoms with van der Waals surface area (Å²) in [5, 5.41) is 0.913. The van der Waals surface area contributed by atoms with Crippen LogP contribution < -0.4 is 14.2 Å². The lowest BCUT2D eigenvalue weighted by Gasteiger charge is -2.41. The van der Waals surface area contributed by atoms with Crippen LogP contribution in [0.5, 0.6) is 17.4 Å². The monoisotopic (exact) mass is 679 g/mol. The molecule has 2 saturated heterocycles. The molecular formula is C34H36F3N7O5. The molecule has 2 fully saturated rings. The Morgan fingerprint density at radius 3 is 2.55 bits per heavy atom. The zero-order valence-corrected chi connectivity index (χ0v) is 27.3. The van der Waals surface area contributed by atoms with Gasteiger partial charge in [-0.2, -0.15) is 13.2 Å². The van der Waals surface area contributed by atoms with E-state index in [2.05, 4.69) is 19.9 Å². The van der Waals surface area contributed by atoms with E-state index in [0.29, 0.717) is 61.7 Å². The van der Waals surface area contributed by atoms with Crippen molar-refractivity contribution in [3.05, 3.63) is 60.3 Å². The third-order valence-electron chi connectivity index (χ3n) is 9.21. The number of aromatic amines is 1. The molecule has 2 aromatic carbocycles. The Balaban J connectivity index is 1.24. The quantitative estimate of drug-likeness (QED) is 0.231. The van der Waals surface area contributed by atoms with Gasteiger partial charge in [0.1, 0.15) is 18.4 Å². The Hall–Kier alpha value is -4.89. The number of carbonyl (C=O) groups is 1. The molecule has 2 aliphatic rings. The number of imidazole rings is 2. The molecule has 15 heteroatoms. The Morgan fingerprint density at radius 1 is 1.02 bits per heavy atom. The number of carbonyl (C=O) groups excluding carboxylic acids is 1. The minimum Gasteiger partial charge on any atom is -0.493 e. The number of ether oxygens (including phenoxy) is 4. The third-order valence-corrected chi connectivity index (χ3v) is 9.21. The maximum atomic E-state index is 14.3. The van der Waals surface area contributed by atoms with E-state index in [1.807, 2.05) is 30.3 Å². The zero-order chi connectivity index (χ0) is 34.3. The number of aromatic nitrogens is 5. The Bertz CT molecular complexity index is 1990. The topological polar surface area (TPSA) is 120 Å². The van der Waals surface area contributed by atoms with E-state index >= 15 is 0 Å². The van der Waals surface area contributed by atoms with Crippen molar-refractivity contribution in [2.24, 2.45) is 5.92 Å². The molecule has 49 heavy (non-hydrogen) atoms. The molecule has 5 heterocycles. The van der Waals surface area contributed by atoms with Gasteiger partial charge in [0.05, 0.1) is 61.9 Å². The first-order chi connectivity index (χ1) is 23.7. The van der Waals surface area contributed by atoms with Crippen LogP contribution >= 0.6 is 0 Å². The van der Waals surface area contributed by atoms with Crippen molar-refractivity contribution in [3.63, 3.8) is 0 Å². The molecule has 3 aromatic heterocycles. The van der Waals surface area contributed by atoms with E-state index in [0.717, 1.165) is 28.4 Å². The first-order valence-corrected chi connectivity index (χ1v) is 15.9. The normalized spacial score (nSPS) is 18.8. The molecule has 0 aliphatic carbocycles. The Morgan fingerprint density at radius 2 is 1.82 bits per heavy atom. The molecule has 2 aliphatic heterocycles. The summed E-state index contributed by atoms with van der Waals surface area (Å²) < 4.78 is 65.8. The van der Waals surface area contributed by atoms with Crippen LogP contribution in [-0.4, -0.2) is 101 Å². The molecule has 258 valence electrons. The predicted molar refractivity (Wildman–Crippen MR) is 174 cm³/mol. The number of hydrogen-bond acceptors (Lipinski definition) is 9. The number of benzene rings is 2. The van der Waals surface area contributed by atoms with Crippen LogP contribution in [-0.2, 0) is 22.3 Å². The molecule has 12 nitrogen and oxygen atoms in total. The minimum absolute atomic E-state index is 0.0338. The van der Waals surface area contributed by atoms with Crippen molar-refractivity contribution in [2.75, 3.05) is 60.7 Å². The minimum atomic E-state index is -4.82. The number of rotatable bonds is 9. The summed E-state index contributed by atoms with van der Waals surface area (Å²) in [4.78, 5) is 34.6. The van der Waals surface area contributed by atoms with Crippen molar-refractivity contribution >= 4 is 27.8 Å². The highest BCUT2D eigenvalue weighted by molar-refractivity contribution is 5.86. The van der Waals surface area contributed by atoms with Crippen molar-refractivity contribution in [1.82, 2.24) is 34.3 Å². The van der Waals surface area contributed by atoms with Crippen LogP contribution in [0.3, 0.4) is 0 Å². The number of amides is 1. The summed E-state index contributed by atoms with van der Waals surface area (Å²) in [6.07, 6.45) is -2.20. The number of pyridine rings is 1. The maximum Gasteiger partial charge on any atom is 0.449 e. The van der Waals surface area contributed by atoms with Gasteiger partial charge in [-0.3, -0.25) is 9.69 Å². The maximum absolute atomic E-state index is 14.3. The van der Waals surface area contributed by atoms with E-state index in [-0.39, 0.29) is 22.5 Å². The van der Waals surface area contributed by atoms with Gasteiger partial charge >= 0.3 is 6.18 Å². The lowest BCUT2D eigenvalue weighted by atomic mass is 10.1. The second-order valence-corrected chi connectivity index (χ2v) is 12.2. The molecule has 7 rings (SSSR count). The standard InChI is InChI=1S/C34H36F3N7O5/c1-46-28-13-24-26(14-29(28)47-2)44(33(41-24)34(35,36)37)18-30(45)43-10-9-42(16-20-8-11-49-19-20)17-27(43)31-38-15-25(39-31)22-12-21-6-4-5-7-23(21)40-32(22)48-3/h4-7,12-15,20,27H,8-11,16-19H2,1-3H3,(H,38,39)/t20?,27-/m0/s1. The molecule has 1 N–H and O–H groups in total. The fourth-order valence-electron chi connectivity index (χ4n) is 6.77. The predicted octanol–water partition coefficient (Wildman–Crippen LogP) is 4.94. The number of alkyl halides is 3. The first-order valence-electron chi connectivity index (χ1n) is 15.9. The van der Waals surface area contributed by atoms with E-state index in [1.165, 1.54) is 26.4 Å². The highest BCUT2D eigenvalue weighted by Gasteiger charge is 2.40. The molecular weight excluding hydrogens is 643 g/mol. The van der Waals surface area contributed by atoms with Crippen LogP contribution in [0.2, 0.25) is 0 Å². The zero-order valence-electron chi connectivity index (χ0n) is 27.3. The Labute approximate surface area is 279 Å². The van der Waals surface area contributed by atoms with Crippen LogP contribution in [0.4, 0.5) is 13.2 Å². The van der Waals surface area contributed by atoms with Crippen molar-refractivity contribution in [3.8, 4) is 28.6 Å². The number of fused-ring (bicyclic) bond motifs is 2. The van der Waals surface area contributed by atoms with E-state index in [1.54, 1.807) is 18.2 Å². The van der Waals surface area contributed by atoms with Crippen LogP contribution in [0, 0.1) is 5.92 Å². The fourth-order valence-corrected chi connectivity index (χ4v) is 6.77. The number of nitrogens with one attached hydrogen (secondary N) is 1. The van der Waals surface area contributed by atoms with Gasteiger partial charge in [-0.1, -0.05) is 18.2 Å². The smallest absolute Gasteiger partial charge is 0.449 e. The molecule has 2 atom stereocenters. The molecule has 0 bridgehead atoms. The molecule has 5 aromatic rings. The van der Waals surface area contributed by atoms with Gasteiger partial charge in [-0.05, 0) is 24.5 Å². The molecule has 0 spiro atoms. The Kier molecular flexibility index (Phi) is 8.79. The molecule has 0 radical (unpaired) electrons. The van der Waals surface area contributed by atoms with Crippen molar-refractivity contribution in [2.45, 2.75) is 25.2 Å². The van der Waals surface area contributed by atoms with Gasteiger partial charge < -0.3 is 33.4 Å². The van der Waals surface area contributed by atoms with E-state index in [9.17, 15) is 18.0 Å². The average molecular weight is 680 g/mol. The average Bonchev–Trinajstić information content (AvgIpc) is 3.88.